The number of hydrogen-bond acceptors (Lipinski definition) is 3. The molecule has 0 saturated heterocycles. The molecule has 1 aromatic heterocycles. The van der Waals surface area contributed by atoms with Crippen LogP contribution in [0.2, 0.25) is 0 Å². The number of rotatable bonds is 6. The van der Waals surface area contributed by atoms with Gasteiger partial charge in [-0.05, 0) is 31.4 Å². The number of nitrogens with zero attached hydrogens (tertiary/aromatic N) is 1. The number of nitrogens with one attached hydrogen (secondary N) is 2. The minimum atomic E-state index is 0.915. The zero-order valence-electron chi connectivity index (χ0n) is 10.7. The van der Waals surface area contributed by atoms with Gasteiger partial charge in [0.05, 0.1) is 0 Å². The Kier molecular flexibility index (Phi) is 4.65. The summed E-state index contributed by atoms with van der Waals surface area (Å²) in [7, 11) is 0. The third-order valence-corrected chi connectivity index (χ3v) is 3.44. The Bertz CT molecular complexity index is 332. The SMILES string of the molecule is CCNc1cccc(NCCC2CCCC2)n1. The van der Waals surface area contributed by atoms with E-state index in [1.807, 2.05) is 18.2 Å². The monoisotopic (exact) mass is 233 g/mol. The van der Waals surface area contributed by atoms with Crippen molar-refractivity contribution < 1.29 is 0 Å². The molecule has 0 radical (unpaired) electrons. The number of hydrogen-bond donors (Lipinski definition) is 2. The smallest absolute Gasteiger partial charge is 0.128 e. The van der Waals surface area contributed by atoms with E-state index in [-0.39, 0.29) is 0 Å². The molecular weight excluding hydrogens is 210 g/mol. The number of anilines is 2. The van der Waals surface area contributed by atoms with E-state index in [1.54, 1.807) is 0 Å². The Balaban J connectivity index is 1.75. The molecule has 0 bridgehead atoms. The lowest BCUT2D eigenvalue weighted by atomic mass is 10.0. The minimum absolute atomic E-state index is 0.915. The Morgan fingerprint density at radius 1 is 1.18 bits per heavy atom. The van der Waals surface area contributed by atoms with Crippen LogP contribution in [0, 0.1) is 5.92 Å². The third kappa shape index (κ3) is 3.91. The van der Waals surface area contributed by atoms with Crippen LogP contribution in [0.15, 0.2) is 18.2 Å². The second kappa shape index (κ2) is 6.48. The van der Waals surface area contributed by atoms with Gasteiger partial charge in [-0.3, -0.25) is 0 Å². The van der Waals surface area contributed by atoms with Gasteiger partial charge in [-0.25, -0.2) is 4.98 Å². The summed E-state index contributed by atoms with van der Waals surface area (Å²) in [4.78, 5) is 4.50. The van der Waals surface area contributed by atoms with Gasteiger partial charge in [0.2, 0.25) is 0 Å². The average molecular weight is 233 g/mol. The molecule has 2 N–H and O–H groups in total. The summed E-state index contributed by atoms with van der Waals surface area (Å²) >= 11 is 0. The second-order valence-corrected chi connectivity index (χ2v) is 4.80. The maximum absolute atomic E-state index is 4.50. The molecule has 1 heterocycles. The fourth-order valence-electron chi connectivity index (χ4n) is 2.52. The van der Waals surface area contributed by atoms with Crippen LogP contribution in [0.4, 0.5) is 11.6 Å². The summed E-state index contributed by atoms with van der Waals surface area (Å²) in [6.07, 6.45) is 6.99. The fourth-order valence-corrected chi connectivity index (χ4v) is 2.52. The lowest BCUT2D eigenvalue weighted by Gasteiger charge is -2.11. The highest BCUT2D eigenvalue weighted by Crippen LogP contribution is 2.27. The number of aromatic nitrogens is 1. The molecule has 17 heavy (non-hydrogen) atoms. The molecule has 1 fully saturated rings. The van der Waals surface area contributed by atoms with E-state index >= 15 is 0 Å². The predicted octanol–water partition coefficient (Wildman–Crippen LogP) is 3.51. The van der Waals surface area contributed by atoms with E-state index in [2.05, 4.69) is 22.5 Å². The van der Waals surface area contributed by atoms with Crippen LogP contribution in [0.25, 0.3) is 0 Å². The average Bonchev–Trinajstić information content (AvgIpc) is 2.83. The minimum Gasteiger partial charge on any atom is -0.370 e. The van der Waals surface area contributed by atoms with Crippen LogP contribution in [-0.2, 0) is 0 Å². The van der Waals surface area contributed by atoms with Crippen LogP contribution in [-0.4, -0.2) is 18.1 Å². The molecule has 0 spiro atoms. The molecule has 1 aromatic rings. The first-order valence-electron chi connectivity index (χ1n) is 6.83. The summed E-state index contributed by atoms with van der Waals surface area (Å²) in [6, 6.07) is 6.09. The molecule has 0 amide bonds. The summed E-state index contributed by atoms with van der Waals surface area (Å²) in [5, 5.41) is 6.65. The second-order valence-electron chi connectivity index (χ2n) is 4.80. The normalized spacial score (nSPS) is 16.1. The lowest BCUT2D eigenvalue weighted by Crippen LogP contribution is -2.08. The molecule has 1 aliphatic rings. The van der Waals surface area contributed by atoms with E-state index in [9.17, 15) is 0 Å². The van der Waals surface area contributed by atoms with Gasteiger partial charge in [-0.1, -0.05) is 31.7 Å². The first-order valence-corrected chi connectivity index (χ1v) is 6.83. The summed E-state index contributed by atoms with van der Waals surface area (Å²) in [5.41, 5.74) is 0. The van der Waals surface area contributed by atoms with E-state index in [0.717, 1.165) is 30.6 Å². The maximum Gasteiger partial charge on any atom is 0.128 e. The summed E-state index contributed by atoms with van der Waals surface area (Å²) in [6.45, 7) is 4.05. The highest BCUT2D eigenvalue weighted by Gasteiger charge is 2.13. The van der Waals surface area contributed by atoms with Crippen molar-refractivity contribution in [2.75, 3.05) is 23.7 Å². The van der Waals surface area contributed by atoms with Crippen molar-refractivity contribution >= 4 is 11.6 Å². The van der Waals surface area contributed by atoms with Gasteiger partial charge in [0, 0.05) is 13.1 Å². The largest absolute Gasteiger partial charge is 0.370 e. The van der Waals surface area contributed by atoms with Crippen LogP contribution in [0.5, 0.6) is 0 Å². The first-order chi connectivity index (χ1) is 8.38. The maximum atomic E-state index is 4.50. The molecule has 0 aromatic carbocycles. The molecule has 0 atom stereocenters. The Labute approximate surface area is 104 Å². The van der Waals surface area contributed by atoms with E-state index in [4.69, 9.17) is 0 Å². The van der Waals surface area contributed by atoms with Gasteiger partial charge in [-0.2, -0.15) is 0 Å². The van der Waals surface area contributed by atoms with Gasteiger partial charge < -0.3 is 10.6 Å². The standard InChI is InChI=1S/C14H23N3/c1-2-15-13-8-5-9-14(17-13)16-11-10-12-6-3-4-7-12/h5,8-9,12H,2-4,6-7,10-11H2,1H3,(H2,15,16,17). The van der Waals surface area contributed by atoms with Crippen molar-refractivity contribution in [3.63, 3.8) is 0 Å². The molecule has 2 rings (SSSR count). The molecule has 1 saturated carbocycles. The van der Waals surface area contributed by atoms with Gasteiger partial charge in [0.1, 0.15) is 11.6 Å². The van der Waals surface area contributed by atoms with Crippen molar-refractivity contribution in [1.29, 1.82) is 0 Å². The topological polar surface area (TPSA) is 37.0 Å². The van der Waals surface area contributed by atoms with Crippen molar-refractivity contribution in [2.45, 2.75) is 39.0 Å². The number of pyridine rings is 1. The third-order valence-electron chi connectivity index (χ3n) is 3.44. The van der Waals surface area contributed by atoms with E-state index in [0.29, 0.717) is 0 Å². The molecule has 0 aliphatic heterocycles. The molecule has 3 heteroatoms. The van der Waals surface area contributed by atoms with Crippen LogP contribution >= 0.6 is 0 Å². The van der Waals surface area contributed by atoms with Gasteiger partial charge in [-0.15, -0.1) is 0 Å². The Hall–Kier alpha value is -1.25. The predicted molar refractivity (Wildman–Crippen MR) is 73.5 cm³/mol. The quantitative estimate of drug-likeness (QED) is 0.789. The van der Waals surface area contributed by atoms with Crippen molar-refractivity contribution in [2.24, 2.45) is 5.92 Å². The van der Waals surface area contributed by atoms with Crippen molar-refractivity contribution in [3.05, 3.63) is 18.2 Å². The Morgan fingerprint density at radius 3 is 2.59 bits per heavy atom. The lowest BCUT2D eigenvalue weighted by molar-refractivity contribution is 0.518. The summed E-state index contributed by atoms with van der Waals surface area (Å²) < 4.78 is 0. The first kappa shape index (κ1) is 12.2. The fraction of sp³-hybridized carbons (Fsp3) is 0.643. The van der Waals surface area contributed by atoms with Crippen molar-refractivity contribution in [3.8, 4) is 0 Å². The van der Waals surface area contributed by atoms with E-state index < -0.39 is 0 Å². The molecule has 94 valence electrons. The highest BCUT2D eigenvalue weighted by molar-refractivity contribution is 5.44. The molecular formula is C14H23N3. The van der Waals surface area contributed by atoms with Crippen LogP contribution < -0.4 is 10.6 Å². The van der Waals surface area contributed by atoms with Crippen LogP contribution in [0.3, 0.4) is 0 Å². The van der Waals surface area contributed by atoms with Gasteiger partial charge in [0.25, 0.3) is 0 Å². The Morgan fingerprint density at radius 2 is 1.88 bits per heavy atom. The summed E-state index contributed by atoms with van der Waals surface area (Å²) in [5.74, 6) is 2.89. The molecule has 1 aliphatic carbocycles. The van der Waals surface area contributed by atoms with E-state index in [1.165, 1.54) is 32.1 Å². The zero-order valence-corrected chi connectivity index (χ0v) is 10.7. The van der Waals surface area contributed by atoms with Crippen LogP contribution in [0.1, 0.15) is 39.0 Å². The van der Waals surface area contributed by atoms with Gasteiger partial charge in [0.15, 0.2) is 0 Å². The molecule has 0 unspecified atom stereocenters. The molecule has 3 nitrogen and oxygen atoms in total. The van der Waals surface area contributed by atoms with Crippen molar-refractivity contribution in [1.82, 2.24) is 4.98 Å². The zero-order chi connectivity index (χ0) is 11.9. The highest BCUT2D eigenvalue weighted by atomic mass is 15.1. The van der Waals surface area contributed by atoms with Gasteiger partial charge >= 0.3 is 0 Å².